The first-order valence-corrected chi connectivity index (χ1v) is 6.42. The van der Waals surface area contributed by atoms with Crippen LogP contribution in [0.2, 0.25) is 0 Å². The van der Waals surface area contributed by atoms with Crippen LogP contribution in [-0.2, 0) is 0 Å². The number of nitrogens with two attached hydrogens (primary N) is 1. The van der Waals surface area contributed by atoms with Gasteiger partial charge in [0.1, 0.15) is 5.75 Å². The second-order valence-electron chi connectivity index (χ2n) is 4.66. The van der Waals surface area contributed by atoms with Gasteiger partial charge in [-0.15, -0.1) is 0 Å². The van der Waals surface area contributed by atoms with Gasteiger partial charge in [0.25, 0.3) is 0 Å². The molecule has 3 rings (SSSR count). The van der Waals surface area contributed by atoms with Crippen LogP contribution in [0.25, 0.3) is 11.0 Å². The number of imidazole rings is 1. The van der Waals surface area contributed by atoms with Gasteiger partial charge in [0.15, 0.2) is 0 Å². The molecule has 0 amide bonds. The third-order valence-electron chi connectivity index (χ3n) is 3.48. The number of hydrogen-bond acceptors (Lipinski definition) is 4. The average Bonchev–Trinajstić information content (AvgIpc) is 2.82. The summed E-state index contributed by atoms with van der Waals surface area (Å²) in [4.78, 5) is 8.57. The molecule has 20 heavy (non-hydrogen) atoms. The van der Waals surface area contributed by atoms with Crippen molar-refractivity contribution in [3.8, 4) is 5.75 Å². The minimum Gasteiger partial charge on any atom is -0.497 e. The number of nitrogens with zero attached hydrogens (tertiary/aromatic N) is 3. The standard InChI is InChI=1S/C15H16N4O/c1-10(11-4-3-7-17-9-11)19-14-6-5-12(20-2)8-13(14)18-15(19)16/h3-10H,1-2H3,(H2,16,18). The molecule has 1 unspecified atom stereocenters. The Morgan fingerprint density at radius 2 is 2.15 bits per heavy atom. The van der Waals surface area contributed by atoms with Gasteiger partial charge in [-0.1, -0.05) is 6.07 Å². The van der Waals surface area contributed by atoms with E-state index in [2.05, 4.69) is 16.9 Å². The topological polar surface area (TPSA) is 66.0 Å². The number of hydrogen-bond donors (Lipinski definition) is 1. The van der Waals surface area contributed by atoms with E-state index >= 15 is 0 Å². The maximum absolute atomic E-state index is 6.07. The molecular weight excluding hydrogens is 252 g/mol. The van der Waals surface area contributed by atoms with Gasteiger partial charge >= 0.3 is 0 Å². The fraction of sp³-hybridized carbons (Fsp3) is 0.200. The van der Waals surface area contributed by atoms with E-state index in [9.17, 15) is 0 Å². The summed E-state index contributed by atoms with van der Waals surface area (Å²) in [6.45, 7) is 2.08. The van der Waals surface area contributed by atoms with Crippen molar-refractivity contribution in [3.05, 3.63) is 48.3 Å². The van der Waals surface area contributed by atoms with Crippen LogP contribution in [0.1, 0.15) is 18.5 Å². The molecule has 102 valence electrons. The Morgan fingerprint density at radius 1 is 1.30 bits per heavy atom. The Bertz CT molecular complexity index is 736. The summed E-state index contributed by atoms with van der Waals surface area (Å²) in [6.07, 6.45) is 3.61. The highest BCUT2D eigenvalue weighted by Gasteiger charge is 2.16. The van der Waals surface area contributed by atoms with Crippen LogP contribution in [0.5, 0.6) is 5.75 Å². The third kappa shape index (κ3) is 1.97. The van der Waals surface area contributed by atoms with E-state index in [4.69, 9.17) is 10.5 Å². The van der Waals surface area contributed by atoms with Crippen LogP contribution in [-0.4, -0.2) is 21.6 Å². The summed E-state index contributed by atoms with van der Waals surface area (Å²) in [5.74, 6) is 1.26. The summed E-state index contributed by atoms with van der Waals surface area (Å²) < 4.78 is 7.22. The van der Waals surface area contributed by atoms with Crippen LogP contribution >= 0.6 is 0 Å². The second-order valence-corrected chi connectivity index (χ2v) is 4.66. The van der Waals surface area contributed by atoms with Crippen molar-refractivity contribution in [1.82, 2.24) is 14.5 Å². The maximum Gasteiger partial charge on any atom is 0.201 e. The smallest absolute Gasteiger partial charge is 0.201 e. The second kappa shape index (κ2) is 4.85. The van der Waals surface area contributed by atoms with E-state index in [1.165, 1.54) is 0 Å². The first kappa shape index (κ1) is 12.5. The molecule has 0 bridgehead atoms. The molecule has 1 atom stereocenters. The highest BCUT2D eigenvalue weighted by molar-refractivity contribution is 5.80. The van der Waals surface area contributed by atoms with Crippen molar-refractivity contribution in [2.24, 2.45) is 0 Å². The average molecular weight is 268 g/mol. The van der Waals surface area contributed by atoms with Crippen LogP contribution in [0.4, 0.5) is 5.95 Å². The molecule has 2 aromatic heterocycles. The van der Waals surface area contributed by atoms with E-state index < -0.39 is 0 Å². The fourth-order valence-corrected chi connectivity index (χ4v) is 2.40. The predicted octanol–water partition coefficient (Wildman–Crippen LogP) is 2.63. The molecule has 0 aliphatic carbocycles. The summed E-state index contributed by atoms with van der Waals surface area (Å²) in [6, 6.07) is 9.80. The molecule has 0 radical (unpaired) electrons. The zero-order valence-corrected chi connectivity index (χ0v) is 11.4. The Kier molecular flexibility index (Phi) is 3.02. The number of pyridine rings is 1. The monoisotopic (exact) mass is 268 g/mol. The lowest BCUT2D eigenvalue weighted by Crippen LogP contribution is -2.10. The highest BCUT2D eigenvalue weighted by atomic mass is 16.5. The first-order valence-electron chi connectivity index (χ1n) is 6.42. The fourth-order valence-electron chi connectivity index (χ4n) is 2.40. The van der Waals surface area contributed by atoms with Gasteiger partial charge in [-0.3, -0.25) is 4.98 Å². The van der Waals surface area contributed by atoms with E-state index in [0.717, 1.165) is 22.3 Å². The molecule has 1 aromatic carbocycles. The lowest BCUT2D eigenvalue weighted by Gasteiger charge is -2.16. The number of benzene rings is 1. The molecule has 5 heteroatoms. The minimum atomic E-state index is 0.0714. The number of rotatable bonds is 3. The maximum atomic E-state index is 6.07. The van der Waals surface area contributed by atoms with Crippen molar-refractivity contribution in [2.75, 3.05) is 12.8 Å². The van der Waals surface area contributed by atoms with Gasteiger partial charge in [0.05, 0.1) is 24.2 Å². The van der Waals surface area contributed by atoms with Crippen LogP contribution in [0, 0.1) is 0 Å². The molecule has 0 aliphatic rings. The van der Waals surface area contributed by atoms with Crippen LogP contribution in [0.15, 0.2) is 42.7 Å². The molecule has 0 spiro atoms. The number of methoxy groups -OCH3 is 1. The lowest BCUT2D eigenvalue weighted by molar-refractivity contribution is 0.415. The SMILES string of the molecule is COc1ccc2c(c1)nc(N)n2C(C)c1cccnc1. The number of anilines is 1. The molecule has 2 N–H and O–H groups in total. The van der Waals surface area contributed by atoms with E-state index in [0.29, 0.717) is 5.95 Å². The van der Waals surface area contributed by atoms with Gasteiger partial charge in [0.2, 0.25) is 5.95 Å². The minimum absolute atomic E-state index is 0.0714. The van der Waals surface area contributed by atoms with Gasteiger partial charge < -0.3 is 15.0 Å². The largest absolute Gasteiger partial charge is 0.497 e. The van der Waals surface area contributed by atoms with Gasteiger partial charge in [0, 0.05) is 18.5 Å². The van der Waals surface area contributed by atoms with Crippen molar-refractivity contribution in [1.29, 1.82) is 0 Å². The first-order chi connectivity index (χ1) is 9.70. The van der Waals surface area contributed by atoms with Gasteiger partial charge in [-0.05, 0) is 30.7 Å². The van der Waals surface area contributed by atoms with E-state index in [1.54, 1.807) is 13.3 Å². The molecule has 3 aromatic rings. The highest BCUT2D eigenvalue weighted by Crippen LogP contribution is 2.28. The van der Waals surface area contributed by atoms with Gasteiger partial charge in [-0.2, -0.15) is 0 Å². The molecule has 5 nitrogen and oxygen atoms in total. The van der Waals surface area contributed by atoms with Crippen molar-refractivity contribution >= 4 is 17.0 Å². The van der Waals surface area contributed by atoms with Crippen molar-refractivity contribution in [2.45, 2.75) is 13.0 Å². The molecule has 2 heterocycles. The number of nitrogen functional groups attached to an aromatic ring is 1. The number of fused-ring (bicyclic) bond motifs is 1. The zero-order chi connectivity index (χ0) is 14.1. The normalized spacial score (nSPS) is 12.5. The van der Waals surface area contributed by atoms with E-state index in [-0.39, 0.29) is 6.04 Å². The summed E-state index contributed by atoms with van der Waals surface area (Å²) in [7, 11) is 1.64. The molecular formula is C15H16N4O. The zero-order valence-electron chi connectivity index (χ0n) is 11.4. The molecule has 0 saturated carbocycles. The quantitative estimate of drug-likeness (QED) is 0.793. The summed E-state index contributed by atoms with van der Waals surface area (Å²) >= 11 is 0. The Labute approximate surface area is 117 Å². The Balaban J connectivity index is 2.14. The van der Waals surface area contributed by atoms with Gasteiger partial charge in [-0.25, -0.2) is 4.98 Å². The summed E-state index contributed by atoms with van der Waals surface area (Å²) in [5.41, 5.74) is 8.98. The number of ether oxygens (including phenoxy) is 1. The Morgan fingerprint density at radius 3 is 2.85 bits per heavy atom. The molecule has 0 aliphatic heterocycles. The Hall–Kier alpha value is -2.56. The van der Waals surface area contributed by atoms with Crippen LogP contribution in [0.3, 0.4) is 0 Å². The number of aromatic nitrogens is 3. The predicted molar refractivity (Wildman–Crippen MR) is 78.7 cm³/mol. The summed E-state index contributed by atoms with van der Waals surface area (Å²) in [5, 5.41) is 0. The third-order valence-corrected chi connectivity index (χ3v) is 3.48. The van der Waals surface area contributed by atoms with Crippen molar-refractivity contribution in [3.63, 3.8) is 0 Å². The van der Waals surface area contributed by atoms with Crippen molar-refractivity contribution < 1.29 is 4.74 Å². The lowest BCUT2D eigenvalue weighted by atomic mass is 10.1. The molecule has 0 saturated heterocycles. The van der Waals surface area contributed by atoms with Crippen LogP contribution < -0.4 is 10.5 Å². The molecule has 0 fully saturated rings. The van der Waals surface area contributed by atoms with E-state index in [1.807, 2.05) is 41.1 Å².